The van der Waals surface area contributed by atoms with Gasteiger partial charge in [0, 0.05) is 17.8 Å². The highest BCUT2D eigenvalue weighted by Gasteiger charge is 2.31. The summed E-state index contributed by atoms with van der Waals surface area (Å²) in [6, 6.07) is 7.61. The quantitative estimate of drug-likeness (QED) is 0.483. The van der Waals surface area contributed by atoms with E-state index >= 15 is 0 Å². The predicted molar refractivity (Wildman–Crippen MR) is 100 cm³/mol. The number of benzene rings is 1. The number of carbonyl (C=O) groups is 1. The molecule has 29 heavy (non-hydrogen) atoms. The molecule has 4 rings (SSSR count). The topological polar surface area (TPSA) is 59.3 Å². The average molecular weight is 420 g/mol. The Kier molecular flexibility index (Phi) is 4.79. The molecule has 0 unspecified atom stereocenters. The first-order chi connectivity index (χ1) is 13.8. The molecular weight excluding hydrogens is 408 g/mol. The minimum atomic E-state index is -4.52. The van der Waals surface area contributed by atoms with Crippen LogP contribution in [0.15, 0.2) is 54.2 Å². The summed E-state index contributed by atoms with van der Waals surface area (Å²) in [7, 11) is 0. The van der Waals surface area contributed by atoms with Gasteiger partial charge >= 0.3 is 6.18 Å². The molecule has 1 N–H and O–H groups in total. The lowest BCUT2D eigenvalue weighted by atomic mass is 10.1. The van der Waals surface area contributed by atoms with Gasteiger partial charge in [0.05, 0.1) is 12.0 Å². The van der Waals surface area contributed by atoms with Gasteiger partial charge in [0.2, 0.25) is 5.91 Å². The number of nitrogens with one attached hydrogen (secondary N) is 1. The van der Waals surface area contributed by atoms with E-state index in [1.54, 1.807) is 5.38 Å². The number of aromatic nitrogens is 3. The summed E-state index contributed by atoms with van der Waals surface area (Å²) < 4.78 is 53.7. The number of thiazole rings is 1. The molecule has 4 aromatic rings. The van der Waals surface area contributed by atoms with Gasteiger partial charge in [-0.1, -0.05) is 12.1 Å². The molecule has 0 aliphatic rings. The van der Waals surface area contributed by atoms with Crippen LogP contribution in [0.2, 0.25) is 0 Å². The second kappa shape index (κ2) is 7.28. The van der Waals surface area contributed by atoms with Gasteiger partial charge < -0.3 is 5.32 Å². The van der Waals surface area contributed by atoms with Gasteiger partial charge in [0.1, 0.15) is 22.2 Å². The van der Waals surface area contributed by atoms with Crippen molar-refractivity contribution < 1.29 is 22.4 Å². The zero-order valence-corrected chi connectivity index (χ0v) is 15.4. The van der Waals surface area contributed by atoms with Gasteiger partial charge in [0.25, 0.3) is 0 Å². The largest absolute Gasteiger partial charge is 0.417 e. The molecule has 0 bridgehead atoms. The van der Waals surface area contributed by atoms with Crippen molar-refractivity contribution in [2.24, 2.45) is 0 Å². The van der Waals surface area contributed by atoms with Crippen molar-refractivity contribution in [3.05, 3.63) is 71.1 Å². The Hall–Kier alpha value is -3.27. The molecule has 0 atom stereocenters. The summed E-state index contributed by atoms with van der Waals surface area (Å²) in [4.78, 5) is 20.8. The minimum Gasteiger partial charge on any atom is -0.308 e. The van der Waals surface area contributed by atoms with Crippen molar-refractivity contribution >= 4 is 28.7 Å². The molecular formula is C19H12F4N4OS. The number of anilines is 1. The van der Waals surface area contributed by atoms with E-state index in [4.69, 9.17) is 0 Å². The van der Waals surface area contributed by atoms with Gasteiger partial charge in [-0.2, -0.15) is 13.2 Å². The van der Waals surface area contributed by atoms with Crippen molar-refractivity contribution in [2.45, 2.75) is 12.6 Å². The lowest BCUT2D eigenvalue weighted by molar-refractivity contribution is -0.137. The maximum atomic E-state index is 13.1. The highest BCUT2D eigenvalue weighted by Crippen LogP contribution is 2.34. The molecule has 3 heterocycles. The standard InChI is InChI=1S/C19H12F4N4OS/c20-13-4-1-11(2-5-13)9-15(28)26-17-16(18-24-7-8-29-18)27-10-12(19(21,22)23)3-6-14(27)25-17/h1-8,10H,9H2,(H,26,28). The number of pyridine rings is 1. The molecule has 0 saturated carbocycles. The Labute approximate surface area is 165 Å². The van der Waals surface area contributed by atoms with E-state index in [2.05, 4.69) is 15.3 Å². The predicted octanol–water partition coefficient (Wildman–Crippen LogP) is 4.80. The number of hydrogen-bond donors (Lipinski definition) is 1. The monoisotopic (exact) mass is 420 g/mol. The van der Waals surface area contributed by atoms with Crippen LogP contribution < -0.4 is 5.32 Å². The van der Waals surface area contributed by atoms with Crippen molar-refractivity contribution in [3.8, 4) is 10.7 Å². The molecule has 0 fully saturated rings. The number of alkyl halides is 3. The molecule has 5 nitrogen and oxygen atoms in total. The van der Waals surface area contributed by atoms with Crippen molar-refractivity contribution in [1.82, 2.24) is 14.4 Å². The Bertz CT molecular complexity index is 1170. The summed E-state index contributed by atoms with van der Waals surface area (Å²) in [6.07, 6.45) is -2.13. The summed E-state index contributed by atoms with van der Waals surface area (Å²) >= 11 is 1.21. The first-order valence-corrected chi connectivity index (χ1v) is 9.23. The van der Waals surface area contributed by atoms with Gasteiger partial charge in [-0.15, -0.1) is 11.3 Å². The SMILES string of the molecule is O=C(Cc1ccc(F)cc1)Nc1nc2ccc(C(F)(F)F)cn2c1-c1nccs1. The Morgan fingerprint density at radius 2 is 1.90 bits per heavy atom. The van der Waals surface area contributed by atoms with Crippen LogP contribution in [0.25, 0.3) is 16.3 Å². The zero-order chi connectivity index (χ0) is 20.6. The van der Waals surface area contributed by atoms with Gasteiger partial charge in [0.15, 0.2) is 5.82 Å². The first kappa shape index (κ1) is 19.1. The highest BCUT2D eigenvalue weighted by molar-refractivity contribution is 7.13. The maximum Gasteiger partial charge on any atom is 0.417 e. The van der Waals surface area contributed by atoms with Crippen LogP contribution in [0.1, 0.15) is 11.1 Å². The molecule has 1 aromatic carbocycles. The average Bonchev–Trinajstić information content (AvgIpc) is 3.29. The van der Waals surface area contributed by atoms with E-state index in [0.29, 0.717) is 10.6 Å². The van der Waals surface area contributed by atoms with Crippen LogP contribution in [0, 0.1) is 5.82 Å². The van der Waals surface area contributed by atoms with E-state index in [-0.39, 0.29) is 23.6 Å². The van der Waals surface area contributed by atoms with E-state index in [1.807, 2.05) is 0 Å². The number of carbonyl (C=O) groups excluding carboxylic acids is 1. The van der Waals surface area contributed by atoms with Crippen LogP contribution in [-0.2, 0) is 17.4 Å². The van der Waals surface area contributed by atoms with Crippen LogP contribution in [-0.4, -0.2) is 20.3 Å². The lowest BCUT2D eigenvalue weighted by Gasteiger charge is -2.08. The second-order valence-corrected chi connectivity index (χ2v) is 7.04. The van der Waals surface area contributed by atoms with Gasteiger partial charge in [-0.25, -0.2) is 14.4 Å². The third-order valence-corrected chi connectivity index (χ3v) is 4.90. The summed E-state index contributed by atoms with van der Waals surface area (Å²) in [5, 5.41) is 4.71. The maximum absolute atomic E-state index is 13.1. The Morgan fingerprint density at radius 3 is 2.55 bits per heavy atom. The van der Waals surface area contributed by atoms with E-state index < -0.39 is 23.5 Å². The fourth-order valence-electron chi connectivity index (χ4n) is 2.81. The lowest BCUT2D eigenvalue weighted by Crippen LogP contribution is -2.15. The van der Waals surface area contributed by atoms with Crippen molar-refractivity contribution in [1.29, 1.82) is 0 Å². The normalized spacial score (nSPS) is 11.7. The molecule has 1 amide bonds. The summed E-state index contributed by atoms with van der Waals surface area (Å²) in [6.45, 7) is 0. The molecule has 3 aromatic heterocycles. The number of halogens is 4. The van der Waals surface area contributed by atoms with Crippen molar-refractivity contribution in [3.63, 3.8) is 0 Å². The second-order valence-electron chi connectivity index (χ2n) is 6.14. The Balaban J connectivity index is 1.72. The highest BCUT2D eigenvalue weighted by atomic mass is 32.1. The fraction of sp³-hybridized carbons (Fsp3) is 0.105. The minimum absolute atomic E-state index is 0.0424. The van der Waals surface area contributed by atoms with Crippen LogP contribution in [0.4, 0.5) is 23.4 Å². The van der Waals surface area contributed by atoms with Gasteiger partial charge in [-0.3, -0.25) is 9.20 Å². The van der Waals surface area contributed by atoms with Crippen LogP contribution in [0.5, 0.6) is 0 Å². The number of fused-ring (bicyclic) bond motifs is 1. The van der Waals surface area contributed by atoms with Crippen molar-refractivity contribution in [2.75, 3.05) is 5.32 Å². The third-order valence-electron chi connectivity index (χ3n) is 4.12. The summed E-state index contributed by atoms with van der Waals surface area (Å²) in [5.74, 6) is -0.749. The third kappa shape index (κ3) is 3.97. The molecule has 0 aliphatic carbocycles. The number of amides is 1. The molecule has 10 heteroatoms. The van der Waals surface area contributed by atoms with E-state index in [0.717, 1.165) is 12.3 Å². The smallest absolute Gasteiger partial charge is 0.308 e. The Morgan fingerprint density at radius 1 is 1.14 bits per heavy atom. The first-order valence-electron chi connectivity index (χ1n) is 8.35. The molecule has 148 valence electrons. The zero-order valence-electron chi connectivity index (χ0n) is 14.6. The van der Waals surface area contributed by atoms with Crippen LogP contribution >= 0.6 is 11.3 Å². The number of nitrogens with zero attached hydrogens (tertiary/aromatic N) is 3. The fourth-order valence-corrected chi connectivity index (χ4v) is 3.49. The van der Waals surface area contributed by atoms with E-state index in [9.17, 15) is 22.4 Å². The molecule has 0 spiro atoms. The van der Waals surface area contributed by atoms with E-state index in [1.165, 1.54) is 52.3 Å². The van der Waals surface area contributed by atoms with Crippen LogP contribution in [0.3, 0.4) is 0 Å². The molecule has 0 aliphatic heterocycles. The number of imidazole rings is 1. The molecule has 0 saturated heterocycles. The number of hydrogen-bond acceptors (Lipinski definition) is 4. The summed E-state index contributed by atoms with van der Waals surface area (Å²) in [5.41, 5.74) is 0.237. The van der Waals surface area contributed by atoms with Gasteiger partial charge in [-0.05, 0) is 29.8 Å². The number of rotatable bonds is 4. The molecule has 0 radical (unpaired) electrons.